The highest BCUT2D eigenvalue weighted by Gasteiger charge is 2.22. The first kappa shape index (κ1) is 10.0. The average Bonchev–Trinajstić information content (AvgIpc) is 1.81. The summed E-state index contributed by atoms with van der Waals surface area (Å²) in [5.74, 6) is 2.74. The van der Waals surface area contributed by atoms with E-state index < -0.39 is 0 Å². The van der Waals surface area contributed by atoms with Crippen LogP contribution < -0.4 is 0 Å². The van der Waals surface area contributed by atoms with Crippen molar-refractivity contribution in [1.82, 2.24) is 4.90 Å². The van der Waals surface area contributed by atoms with Gasteiger partial charge in [0.15, 0.2) is 0 Å². The van der Waals surface area contributed by atoms with Gasteiger partial charge in [-0.25, -0.2) is 0 Å². The predicted molar refractivity (Wildman–Crippen MR) is 54.2 cm³/mol. The molecule has 72 valence electrons. The maximum absolute atomic E-state index is 2.49. The van der Waals surface area contributed by atoms with E-state index in [4.69, 9.17) is 0 Å². The number of rotatable bonds is 2. The van der Waals surface area contributed by atoms with Crippen molar-refractivity contribution in [2.45, 2.75) is 33.6 Å². The first-order valence-electron chi connectivity index (χ1n) is 5.26. The van der Waals surface area contributed by atoms with Gasteiger partial charge in [-0.2, -0.15) is 0 Å². The van der Waals surface area contributed by atoms with Crippen molar-refractivity contribution in [3.63, 3.8) is 0 Å². The molecule has 2 unspecified atom stereocenters. The first-order valence-corrected chi connectivity index (χ1v) is 5.26. The number of likely N-dealkylation sites (tertiary alicyclic amines) is 1. The van der Waals surface area contributed by atoms with Gasteiger partial charge in [-0.3, -0.25) is 0 Å². The highest BCUT2D eigenvalue weighted by molar-refractivity contribution is 4.75. The van der Waals surface area contributed by atoms with E-state index in [-0.39, 0.29) is 0 Å². The molecule has 1 rings (SSSR count). The minimum absolute atomic E-state index is 0.869. The van der Waals surface area contributed by atoms with Crippen LogP contribution in [0.5, 0.6) is 0 Å². The smallest absolute Gasteiger partial charge is 0.000693 e. The van der Waals surface area contributed by atoms with E-state index in [1.807, 2.05) is 0 Å². The Hall–Kier alpha value is -0.0400. The largest absolute Gasteiger partial charge is 0.306 e. The first-order chi connectivity index (χ1) is 5.58. The van der Waals surface area contributed by atoms with Crippen LogP contribution in [0, 0.1) is 17.8 Å². The molecule has 0 aromatic rings. The molecular weight excluding hydrogens is 146 g/mol. The molecule has 0 radical (unpaired) electrons. The van der Waals surface area contributed by atoms with Crippen LogP contribution in [0.1, 0.15) is 33.6 Å². The Labute approximate surface area is 77.1 Å². The number of nitrogens with zero attached hydrogens (tertiary/aromatic N) is 1. The highest BCUT2D eigenvalue weighted by Crippen LogP contribution is 2.25. The van der Waals surface area contributed by atoms with Crippen LogP contribution in [0.15, 0.2) is 0 Å². The lowest BCUT2D eigenvalue weighted by Gasteiger charge is -2.34. The lowest BCUT2D eigenvalue weighted by atomic mass is 9.85. The molecule has 1 nitrogen and oxygen atoms in total. The summed E-state index contributed by atoms with van der Waals surface area (Å²) in [7, 11) is 2.25. The normalized spacial score (nSPS) is 32.8. The molecule has 1 heterocycles. The molecule has 0 saturated carbocycles. The van der Waals surface area contributed by atoms with E-state index >= 15 is 0 Å². The molecule has 1 aliphatic rings. The maximum Gasteiger partial charge on any atom is 0.000693 e. The van der Waals surface area contributed by atoms with Gasteiger partial charge in [-0.1, -0.05) is 20.8 Å². The van der Waals surface area contributed by atoms with Crippen molar-refractivity contribution in [3.8, 4) is 0 Å². The van der Waals surface area contributed by atoms with Crippen LogP contribution in [0.25, 0.3) is 0 Å². The zero-order valence-corrected chi connectivity index (χ0v) is 9.01. The van der Waals surface area contributed by atoms with Crippen LogP contribution in [-0.4, -0.2) is 25.0 Å². The summed E-state index contributed by atoms with van der Waals surface area (Å²) in [6, 6.07) is 0. The number of hydrogen-bond acceptors (Lipinski definition) is 1. The zero-order valence-electron chi connectivity index (χ0n) is 9.01. The molecule has 0 aromatic heterocycles. The fraction of sp³-hybridized carbons (Fsp3) is 1.00. The quantitative estimate of drug-likeness (QED) is 0.614. The summed E-state index contributed by atoms with van der Waals surface area (Å²) in [5, 5.41) is 0. The van der Waals surface area contributed by atoms with E-state index in [9.17, 15) is 0 Å². The van der Waals surface area contributed by atoms with Gasteiger partial charge < -0.3 is 4.90 Å². The summed E-state index contributed by atoms with van der Waals surface area (Å²) in [6.07, 6.45) is 2.86. The lowest BCUT2D eigenvalue weighted by molar-refractivity contribution is 0.146. The molecule has 1 aliphatic heterocycles. The number of hydrogen-bond donors (Lipinski definition) is 0. The summed E-state index contributed by atoms with van der Waals surface area (Å²) < 4.78 is 0. The Morgan fingerprint density at radius 1 is 1.33 bits per heavy atom. The molecule has 1 fully saturated rings. The molecule has 0 aromatic carbocycles. The molecule has 0 N–H and O–H groups in total. The molecular formula is C11H23N. The summed E-state index contributed by atoms with van der Waals surface area (Å²) in [6.45, 7) is 9.67. The van der Waals surface area contributed by atoms with Crippen molar-refractivity contribution >= 4 is 0 Å². The Balaban J connectivity index is 2.34. The van der Waals surface area contributed by atoms with Gasteiger partial charge in [-0.05, 0) is 37.6 Å². The summed E-state index contributed by atoms with van der Waals surface area (Å²) in [4.78, 5) is 2.49. The van der Waals surface area contributed by atoms with E-state index in [1.54, 1.807) is 0 Å². The van der Waals surface area contributed by atoms with Gasteiger partial charge in [0.25, 0.3) is 0 Å². The van der Waals surface area contributed by atoms with Crippen LogP contribution in [0.4, 0.5) is 0 Å². The van der Waals surface area contributed by atoms with Gasteiger partial charge in [0.1, 0.15) is 0 Å². The van der Waals surface area contributed by atoms with Gasteiger partial charge in [0.2, 0.25) is 0 Å². The molecule has 12 heavy (non-hydrogen) atoms. The third-order valence-electron chi connectivity index (χ3n) is 2.73. The van der Waals surface area contributed by atoms with Crippen LogP contribution >= 0.6 is 0 Å². The zero-order chi connectivity index (χ0) is 9.14. The maximum atomic E-state index is 2.49. The number of piperidine rings is 1. The van der Waals surface area contributed by atoms with E-state index in [0.717, 1.165) is 17.8 Å². The highest BCUT2D eigenvalue weighted by atomic mass is 15.1. The van der Waals surface area contributed by atoms with Gasteiger partial charge in [0.05, 0.1) is 0 Å². The fourth-order valence-electron chi connectivity index (χ4n) is 2.60. The third-order valence-corrected chi connectivity index (χ3v) is 2.73. The molecule has 2 atom stereocenters. The monoisotopic (exact) mass is 169 g/mol. The van der Waals surface area contributed by atoms with Crippen molar-refractivity contribution in [2.24, 2.45) is 17.8 Å². The standard InChI is InChI=1S/C11H23N/c1-9(2)5-11-6-10(3)7-12(4)8-11/h9-11H,5-8H2,1-4H3. The van der Waals surface area contributed by atoms with Gasteiger partial charge in [0, 0.05) is 13.1 Å². The Morgan fingerprint density at radius 3 is 2.50 bits per heavy atom. The van der Waals surface area contributed by atoms with Gasteiger partial charge in [-0.15, -0.1) is 0 Å². The second kappa shape index (κ2) is 4.27. The Kier molecular flexibility index (Phi) is 3.57. The molecule has 1 saturated heterocycles. The van der Waals surface area contributed by atoms with Crippen LogP contribution in [0.2, 0.25) is 0 Å². The van der Waals surface area contributed by atoms with Crippen LogP contribution in [-0.2, 0) is 0 Å². The molecule has 0 spiro atoms. The SMILES string of the molecule is CC(C)CC1CC(C)CN(C)C1. The van der Waals surface area contributed by atoms with E-state index in [1.165, 1.54) is 25.9 Å². The minimum atomic E-state index is 0.869. The van der Waals surface area contributed by atoms with Crippen molar-refractivity contribution in [2.75, 3.05) is 20.1 Å². The Morgan fingerprint density at radius 2 is 2.00 bits per heavy atom. The lowest BCUT2D eigenvalue weighted by Crippen LogP contribution is -2.37. The van der Waals surface area contributed by atoms with Gasteiger partial charge >= 0.3 is 0 Å². The van der Waals surface area contributed by atoms with E-state index in [0.29, 0.717) is 0 Å². The van der Waals surface area contributed by atoms with E-state index in [2.05, 4.69) is 32.7 Å². The van der Waals surface area contributed by atoms with Crippen molar-refractivity contribution < 1.29 is 0 Å². The average molecular weight is 169 g/mol. The van der Waals surface area contributed by atoms with Crippen LogP contribution in [0.3, 0.4) is 0 Å². The predicted octanol–water partition coefficient (Wildman–Crippen LogP) is 2.62. The molecule has 0 amide bonds. The minimum Gasteiger partial charge on any atom is -0.306 e. The molecule has 1 heteroatoms. The summed E-state index contributed by atoms with van der Waals surface area (Å²) >= 11 is 0. The fourth-order valence-corrected chi connectivity index (χ4v) is 2.60. The Bertz CT molecular complexity index is 118. The summed E-state index contributed by atoms with van der Waals surface area (Å²) in [5.41, 5.74) is 0. The third kappa shape index (κ3) is 3.14. The van der Waals surface area contributed by atoms with Crippen molar-refractivity contribution in [3.05, 3.63) is 0 Å². The molecule has 0 bridgehead atoms. The topological polar surface area (TPSA) is 3.24 Å². The van der Waals surface area contributed by atoms with Crippen molar-refractivity contribution in [1.29, 1.82) is 0 Å². The second-order valence-corrected chi connectivity index (χ2v) is 5.06. The second-order valence-electron chi connectivity index (χ2n) is 5.06. The molecule has 0 aliphatic carbocycles.